The average molecular weight is 292 g/mol. The monoisotopic (exact) mass is 292 g/mol. The summed E-state index contributed by atoms with van der Waals surface area (Å²) in [6.45, 7) is 0.981. The number of rotatable bonds is 4. The molecular formula is C13H20N6O2. The first-order chi connectivity index (χ1) is 10.1. The normalized spacial score (nSPS) is 21.9. The summed E-state index contributed by atoms with van der Waals surface area (Å²) in [5, 5.41) is 15.5. The number of hydrogen-bond donors (Lipinski definition) is 4. The van der Waals surface area contributed by atoms with Gasteiger partial charge < -0.3 is 26.4 Å². The fourth-order valence-corrected chi connectivity index (χ4v) is 2.56. The molecule has 3 rings (SSSR count). The molecule has 21 heavy (non-hydrogen) atoms. The van der Waals surface area contributed by atoms with E-state index in [4.69, 9.17) is 10.8 Å². The van der Waals surface area contributed by atoms with Gasteiger partial charge in [-0.2, -0.15) is 4.98 Å². The van der Waals surface area contributed by atoms with E-state index >= 15 is 0 Å². The third kappa shape index (κ3) is 3.09. The quantitative estimate of drug-likeness (QED) is 0.658. The number of nitrogens with one attached hydrogen (secondary N) is 2. The molecule has 1 aromatic rings. The Labute approximate surface area is 122 Å². The molecule has 2 aliphatic rings. The lowest BCUT2D eigenvalue weighted by molar-refractivity contribution is 0.155. The summed E-state index contributed by atoms with van der Waals surface area (Å²) in [5.74, 6) is 1.15. The number of likely N-dealkylation sites (tertiary alicyclic amines) is 1. The van der Waals surface area contributed by atoms with Crippen molar-refractivity contribution in [2.75, 3.05) is 29.5 Å². The lowest BCUT2D eigenvalue weighted by Gasteiger charge is -2.26. The Morgan fingerprint density at radius 3 is 2.76 bits per heavy atom. The van der Waals surface area contributed by atoms with E-state index < -0.39 is 6.09 Å². The fourth-order valence-electron chi connectivity index (χ4n) is 2.56. The van der Waals surface area contributed by atoms with Crippen LogP contribution >= 0.6 is 0 Å². The number of nitrogen functional groups attached to an aromatic ring is 1. The van der Waals surface area contributed by atoms with Crippen molar-refractivity contribution in [3.63, 3.8) is 0 Å². The Hall–Kier alpha value is -2.25. The minimum Gasteiger partial charge on any atom is -0.465 e. The summed E-state index contributed by atoms with van der Waals surface area (Å²) >= 11 is 0. The minimum atomic E-state index is -0.887. The van der Waals surface area contributed by atoms with E-state index in [-0.39, 0.29) is 6.04 Å². The minimum absolute atomic E-state index is 0.0369. The standard InChI is InChI=1S/C13H20N6O2/c14-10-6-15-12(17-8-2-1-3-8)18-11(10)16-9-4-5-19(7-9)13(20)21/h6,8-9H,1-5,7,14H2,(H,20,21)(H2,15,16,17,18). The van der Waals surface area contributed by atoms with Crippen LogP contribution in [-0.2, 0) is 0 Å². The molecule has 1 saturated carbocycles. The number of carbonyl (C=O) groups is 1. The zero-order valence-electron chi connectivity index (χ0n) is 11.7. The summed E-state index contributed by atoms with van der Waals surface area (Å²) in [5.41, 5.74) is 6.37. The van der Waals surface area contributed by atoms with Gasteiger partial charge in [-0.1, -0.05) is 0 Å². The van der Waals surface area contributed by atoms with Crippen molar-refractivity contribution < 1.29 is 9.90 Å². The molecule has 1 saturated heterocycles. The van der Waals surface area contributed by atoms with Crippen molar-refractivity contribution in [3.05, 3.63) is 6.20 Å². The molecule has 0 radical (unpaired) electrons. The van der Waals surface area contributed by atoms with Gasteiger partial charge in [-0.25, -0.2) is 9.78 Å². The van der Waals surface area contributed by atoms with Crippen molar-refractivity contribution in [2.24, 2.45) is 0 Å². The number of anilines is 3. The van der Waals surface area contributed by atoms with E-state index in [0.29, 0.717) is 36.6 Å². The molecule has 0 bridgehead atoms. The Morgan fingerprint density at radius 1 is 1.33 bits per heavy atom. The molecule has 2 fully saturated rings. The van der Waals surface area contributed by atoms with E-state index in [1.165, 1.54) is 11.3 Å². The van der Waals surface area contributed by atoms with Gasteiger partial charge in [0, 0.05) is 25.2 Å². The SMILES string of the molecule is Nc1cnc(NC2CCC2)nc1NC1CCN(C(=O)O)C1. The first-order valence-electron chi connectivity index (χ1n) is 7.25. The second-order valence-electron chi connectivity index (χ2n) is 5.63. The number of hydrogen-bond acceptors (Lipinski definition) is 6. The van der Waals surface area contributed by atoms with E-state index in [9.17, 15) is 4.79 Å². The third-order valence-corrected chi connectivity index (χ3v) is 4.06. The van der Waals surface area contributed by atoms with Gasteiger partial charge in [0.15, 0.2) is 5.82 Å². The predicted octanol–water partition coefficient (Wildman–Crippen LogP) is 1.19. The van der Waals surface area contributed by atoms with Crippen LogP contribution in [0.4, 0.5) is 22.2 Å². The molecule has 8 nitrogen and oxygen atoms in total. The highest BCUT2D eigenvalue weighted by Crippen LogP contribution is 2.24. The fraction of sp³-hybridized carbons (Fsp3) is 0.615. The van der Waals surface area contributed by atoms with Gasteiger partial charge in [-0.3, -0.25) is 0 Å². The largest absolute Gasteiger partial charge is 0.465 e. The highest BCUT2D eigenvalue weighted by Gasteiger charge is 2.26. The van der Waals surface area contributed by atoms with Gasteiger partial charge in [-0.05, 0) is 25.7 Å². The van der Waals surface area contributed by atoms with Crippen LogP contribution in [0.1, 0.15) is 25.7 Å². The molecule has 1 atom stereocenters. The van der Waals surface area contributed by atoms with Gasteiger partial charge in [0.2, 0.25) is 5.95 Å². The molecule has 1 amide bonds. The zero-order chi connectivity index (χ0) is 14.8. The first kappa shape index (κ1) is 13.7. The lowest BCUT2D eigenvalue weighted by Crippen LogP contribution is -2.31. The summed E-state index contributed by atoms with van der Waals surface area (Å²) in [4.78, 5) is 20.9. The Bertz CT molecular complexity index is 533. The van der Waals surface area contributed by atoms with E-state index in [1.54, 1.807) is 6.20 Å². The van der Waals surface area contributed by atoms with Gasteiger partial charge in [0.25, 0.3) is 0 Å². The smallest absolute Gasteiger partial charge is 0.407 e. The van der Waals surface area contributed by atoms with Crippen LogP contribution in [-0.4, -0.2) is 51.2 Å². The third-order valence-electron chi connectivity index (χ3n) is 4.06. The first-order valence-corrected chi connectivity index (χ1v) is 7.25. The van der Waals surface area contributed by atoms with Crippen LogP contribution in [0.5, 0.6) is 0 Å². The summed E-state index contributed by atoms with van der Waals surface area (Å²) in [7, 11) is 0. The number of nitrogens with zero attached hydrogens (tertiary/aromatic N) is 3. The molecule has 114 valence electrons. The van der Waals surface area contributed by atoms with Crippen LogP contribution in [0.25, 0.3) is 0 Å². The van der Waals surface area contributed by atoms with Gasteiger partial charge >= 0.3 is 6.09 Å². The van der Waals surface area contributed by atoms with E-state index in [2.05, 4.69) is 20.6 Å². The highest BCUT2D eigenvalue weighted by atomic mass is 16.4. The Morgan fingerprint density at radius 2 is 2.14 bits per heavy atom. The molecule has 0 aromatic carbocycles. The molecule has 5 N–H and O–H groups in total. The number of amides is 1. The highest BCUT2D eigenvalue weighted by molar-refractivity contribution is 5.66. The van der Waals surface area contributed by atoms with Crippen molar-refractivity contribution in [2.45, 2.75) is 37.8 Å². The molecule has 1 unspecified atom stereocenters. The van der Waals surface area contributed by atoms with Crippen LogP contribution in [0.2, 0.25) is 0 Å². The van der Waals surface area contributed by atoms with E-state index in [1.807, 2.05) is 0 Å². The maximum absolute atomic E-state index is 10.9. The van der Waals surface area contributed by atoms with Crippen molar-refractivity contribution >= 4 is 23.5 Å². The number of carboxylic acid groups (broad SMARTS) is 1. The van der Waals surface area contributed by atoms with E-state index in [0.717, 1.165) is 19.3 Å². The van der Waals surface area contributed by atoms with Crippen LogP contribution in [0.3, 0.4) is 0 Å². The lowest BCUT2D eigenvalue weighted by atomic mass is 9.93. The predicted molar refractivity (Wildman–Crippen MR) is 79.3 cm³/mol. The number of nitrogens with two attached hydrogens (primary N) is 1. The molecule has 8 heteroatoms. The van der Waals surface area contributed by atoms with Crippen LogP contribution in [0.15, 0.2) is 6.20 Å². The topological polar surface area (TPSA) is 116 Å². The summed E-state index contributed by atoms with van der Waals surface area (Å²) in [6, 6.07) is 0.491. The second kappa shape index (κ2) is 5.63. The van der Waals surface area contributed by atoms with Gasteiger partial charge in [0.1, 0.15) is 0 Å². The van der Waals surface area contributed by atoms with Crippen LogP contribution < -0.4 is 16.4 Å². The van der Waals surface area contributed by atoms with Gasteiger partial charge in [-0.15, -0.1) is 0 Å². The maximum Gasteiger partial charge on any atom is 0.407 e. The average Bonchev–Trinajstić information content (AvgIpc) is 2.86. The van der Waals surface area contributed by atoms with Crippen molar-refractivity contribution in [1.82, 2.24) is 14.9 Å². The van der Waals surface area contributed by atoms with Crippen LogP contribution in [0, 0.1) is 0 Å². The molecular weight excluding hydrogens is 272 g/mol. The number of aromatic nitrogens is 2. The van der Waals surface area contributed by atoms with Crippen molar-refractivity contribution in [1.29, 1.82) is 0 Å². The summed E-state index contributed by atoms with van der Waals surface area (Å²) in [6.07, 6.45) is 4.98. The maximum atomic E-state index is 10.9. The zero-order valence-corrected chi connectivity index (χ0v) is 11.7. The second-order valence-corrected chi connectivity index (χ2v) is 5.63. The molecule has 0 spiro atoms. The Kier molecular flexibility index (Phi) is 3.68. The molecule has 2 heterocycles. The molecule has 1 aliphatic carbocycles. The molecule has 1 aliphatic heterocycles. The summed E-state index contributed by atoms with van der Waals surface area (Å²) < 4.78 is 0. The molecule has 1 aromatic heterocycles. The Balaban J connectivity index is 1.64. The van der Waals surface area contributed by atoms with Gasteiger partial charge in [0.05, 0.1) is 11.9 Å². The van der Waals surface area contributed by atoms with Crippen molar-refractivity contribution in [3.8, 4) is 0 Å².